The SMILES string of the molecule is c1cc(-c2cc(-c3ccncc3)cc(-c3ccncc3)c2)cc(-c2nc3ccccc3c3c2ccc2ccc4ncccc4c23)c1. The van der Waals surface area contributed by atoms with Crippen molar-refractivity contribution in [2.24, 2.45) is 0 Å². The maximum Gasteiger partial charge on any atom is 0.0788 e. The summed E-state index contributed by atoms with van der Waals surface area (Å²) in [6.45, 7) is 0. The van der Waals surface area contributed by atoms with Gasteiger partial charge in [0.25, 0.3) is 0 Å². The summed E-state index contributed by atoms with van der Waals surface area (Å²) >= 11 is 0. The maximum atomic E-state index is 5.30. The third kappa shape index (κ3) is 4.39. The first-order chi connectivity index (χ1) is 22.8. The fraction of sp³-hybridized carbons (Fsp3) is 0. The van der Waals surface area contributed by atoms with Gasteiger partial charge < -0.3 is 0 Å². The summed E-state index contributed by atoms with van der Waals surface area (Å²) in [5, 5.41) is 7.04. The van der Waals surface area contributed by atoms with E-state index in [0.717, 1.165) is 71.8 Å². The number of nitrogens with zero attached hydrogens (tertiary/aromatic N) is 4. The van der Waals surface area contributed by atoms with Gasteiger partial charge in [0.1, 0.15) is 0 Å². The van der Waals surface area contributed by atoms with E-state index in [1.807, 2.05) is 37.1 Å². The summed E-state index contributed by atoms with van der Waals surface area (Å²) in [4.78, 5) is 18.5. The van der Waals surface area contributed by atoms with E-state index in [2.05, 4.69) is 136 Å². The number of benzene rings is 5. The lowest BCUT2D eigenvalue weighted by atomic mass is 9.91. The van der Waals surface area contributed by atoms with E-state index in [0.29, 0.717) is 0 Å². The van der Waals surface area contributed by atoms with Crippen LogP contribution in [-0.2, 0) is 0 Å². The molecule has 4 heterocycles. The molecular formula is C42H26N4. The summed E-state index contributed by atoms with van der Waals surface area (Å²) in [6.07, 6.45) is 9.23. The number of rotatable bonds is 4. The van der Waals surface area contributed by atoms with E-state index in [1.165, 1.54) is 16.2 Å². The minimum absolute atomic E-state index is 0.970. The number of para-hydroxylation sites is 1. The molecular weight excluding hydrogens is 560 g/mol. The minimum Gasteiger partial charge on any atom is -0.265 e. The number of hydrogen-bond donors (Lipinski definition) is 0. The van der Waals surface area contributed by atoms with Gasteiger partial charge >= 0.3 is 0 Å². The second-order valence-corrected chi connectivity index (χ2v) is 11.6. The second kappa shape index (κ2) is 10.7. The fourth-order valence-electron chi connectivity index (χ4n) is 6.70. The molecule has 0 spiro atoms. The first kappa shape index (κ1) is 26.2. The lowest BCUT2D eigenvalue weighted by Crippen LogP contribution is -1.92. The van der Waals surface area contributed by atoms with Crippen LogP contribution in [0.2, 0.25) is 0 Å². The van der Waals surface area contributed by atoms with Crippen molar-refractivity contribution in [2.75, 3.05) is 0 Å². The Balaban J connectivity index is 1.29. The maximum absolute atomic E-state index is 5.30. The van der Waals surface area contributed by atoms with E-state index in [-0.39, 0.29) is 0 Å². The summed E-state index contributed by atoms with van der Waals surface area (Å²) in [6, 6.07) is 45.1. The minimum atomic E-state index is 0.970. The van der Waals surface area contributed by atoms with Crippen LogP contribution in [0.3, 0.4) is 0 Å². The van der Waals surface area contributed by atoms with Crippen molar-refractivity contribution in [1.82, 2.24) is 19.9 Å². The normalized spacial score (nSPS) is 11.5. The van der Waals surface area contributed by atoms with Crippen LogP contribution in [0.1, 0.15) is 0 Å². The molecule has 214 valence electrons. The molecule has 0 saturated carbocycles. The molecule has 0 aliphatic heterocycles. The van der Waals surface area contributed by atoms with E-state index < -0.39 is 0 Å². The molecule has 0 aliphatic carbocycles. The lowest BCUT2D eigenvalue weighted by molar-refractivity contribution is 1.33. The van der Waals surface area contributed by atoms with Crippen LogP contribution in [-0.4, -0.2) is 19.9 Å². The molecule has 5 aromatic carbocycles. The van der Waals surface area contributed by atoms with Crippen LogP contribution in [0, 0.1) is 0 Å². The van der Waals surface area contributed by atoms with Crippen LogP contribution < -0.4 is 0 Å². The Bertz CT molecular complexity index is 2520. The summed E-state index contributed by atoms with van der Waals surface area (Å²) < 4.78 is 0. The van der Waals surface area contributed by atoms with Gasteiger partial charge in [-0.15, -0.1) is 0 Å². The Morgan fingerprint density at radius 1 is 0.348 bits per heavy atom. The van der Waals surface area contributed by atoms with Gasteiger partial charge in [0.05, 0.1) is 16.7 Å². The molecule has 4 nitrogen and oxygen atoms in total. The zero-order chi connectivity index (χ0) is 30.5. The van der Waals surface area contributed by atoms with Crippen molar-refractivity contribution in [3.05, 3.63) is 158 Å². The van der Waals surface area contributed by atoms with E-state index in [1.54, 1.807) is 0 Å². The fourth-order valence-corrected chi connectivity index (χ4v) is 6.70. The first-order valence-electron chi connectivity index (χ1n) is 15.4. The molecule has 4 aromatic heterocycles. The quantitative estimate of drug-likeness (QED) is 0.193. The smallest absolute Gasteiger partial charge is 0.0788 e. The summed E-state index contributed by atoms with van der Waals surface area (Å²) in [7, 11) is 0. The monoisotopic (exact) mass is 586 g/mol. The molecule has 0 atom stereocenters. The standard InChI is InChI=1S/C42H26N4/c1-2-9-39-36(7-1)41-37(12-10-29-11-13-38-35(40(29)41)8-4-18-45-38)42(46-39)31-6-3-5-30(23-31)34-25-32(27-14-19-43-20-15-27)24-33(26-34)28-16-21-44-22-17-28/h1-26H. The Morgan fingerprint density at radius 3 is 1.72 bits per heavy atom. The highest BCUT2D eigenvalue weighted by Crippen LogP contribution is 2.41. The van der Waals surface area contributed by atoms with Gasteiger partial charge in [-0.05, 0) is 111 Å². The topological polar surface area (TPSA) is 51.6 Å². The number of aromatic nitrogens is 4. The highest BCUT2D eigenvalue weighted by atomic mass is 14.7. The van der Waals surface area contributed by atoms with Crippen LogP contribution in [0.15, 0.2) is 158 Å². The molecule has 46 heavy (non-hydrogen) atoms. The summed E-state index contributed by atoms with van der Waals surface area (Å²) in [5.41, 5.74) is 10.8. The predicted octanol–water partition coefficient (Wildman–Crippen LogP) is 10.5. The molecule has 9 aromatic rings. The van der Waals surface area contributed by atoms with Crippen LogP contribution >= 0.6 is 0 Å². The van der Waals surface area contributed by atoms with Gasteiger partial charge in [-0.3, -0.25) is 15.0 Å². The average Bonchev–Trinajstić information content (AvgIpc) is 3.14. The molecule has 0 amide bonds. The van der Waals surface area contributed by atoms with Crippen molar-refractivity contribution in [2.45, 2.75) is 0 Å². The third-order valence-electron chi connectivity index (χ3n) is 8.86. The van der Waals surface area contributed by atoms with Crippen LogP contribution in [0.4, 0.5) is 0 Å². The van der Waals surface area contributed by atoms with Crippen molar-refractivity contribution in [3.63, 3.8) is 0 Å². The van der Waals surface area contributed by atoms with E-state index in [4.69, 9.17) is 4.98 Å². The Hall–Kier alpha value is -6.26. The second-order valence-electron chi connectivity index (χ2n) is 11.6. The average molecular weight is 587 g/mol. The van der Waals surface area contributed by atoms with Crippen LogP contribution in [0.25, 0.3) is 88.0 Å². The Morgan fingerprint density at radius 2 is 0.957 bits per heavy atom. The third-order valence-corrected chi connectivity index (χ3v) is 8.86. The number of pyridine rings is 4. The molecule has 0 fully saturated rings. The van der Waals surface area contributed by atoms with E-state index >= 15 is 0 Å². The van der Waals surface area contributed by atoms with Gasteiger partial charge in [0, 0.05) is 58.1 Å². The van der Waals surface area contributed by atoms with Gasteiger partial charge in [0.2, 0.25) is 0 Å². The molecule has 0 unspecified atom stereocenters. The zero-order valence-electron chi connectivity index (χ0n) is 24.8. The zero-order valence-corrected chi connectivity index (χ0v) is 24.8. The van der Waals surface area contributed by atoms with Crippen LogP contribution in [0.5, 0.6) is 0 Å². The molecule has 0 radical (unpaired) electrons. The first-order valence-corrected chi connectivity index (χ1v) is 15.4. The van der Waals surface area contributed by atoms with Gasteiger partial charge in [0.15, 0.2) is 0 Å². The highest BCUT2D eigenvalue weighted by molar-refractivity contribution is 6.28. The molecule has 9 rings (SSSR count). The highest BCUT2D eigenvalue weighted by Gasteiger charge is 2.16. The predicted molar refractivity (Wildman–Crippen MR) is 189 cm³/mol. The number of hydrogen-bond acceptors (Lipinski definition) is 4. The van der Waals surface area contributed by atoms with E-state index in [9.17, 15) is 0 Å². The molecule has 0 N–H and O–H groups in total. The van der Waals surface area contributed by atoms with Gasteiger partial charge in [-0.25, -0.2) is 4.98 Å². The van der Waals surface area contributed by atoms with Crippen molar-refractivity contribution < 1.29 is 0 Å². The summed E-state index contributed by atoms with van der Waals surface area (Å²) in [5.74, 6) is 0. The largest absolute Gasteiger partial charge is 0.265 e. The molecule has 0 bridgehead atoms. The van der Waals surface area contributed by atoms with Gasteiger partial charge in [-0.2, -0.15) is 0 Å². The number of fused-ring (bicyclic) bond motifs is 7. The van der Waals surface area contributed by atoms with Crippen molar-refractivity contribution in [3.8, 4) is 44.6 Å². The molecule has 0 aliphatic rings. The Kier molecular flexibility index (Phi) is 6.10. The molecule has 4 heteroatoms. The van der Waals surface area contributed by atoms with Crippen molar-refractivity contribution in [1.29, 1.82) is 0 Å². The van der Waals surface area contributed by atoms with Crippen molar-refractivity contribution >= 4 is 43.4 Å². The molecule has 0 saturated heterocycles. The Labute approximate surface area is 265 Å². The van der Waals surface area contributed by atoms with Gasteiger partial charge in [-0.1, -0.05) is 60.7 Å². The lowest BCUT2D eigenvalue weighted by Gasteiger charge is -2.15.